The van der Waals surface area contributed by atoms with Crippen molar-refractivity contribution in [3.8, 4) is 17.6 Å². The van der Waals surface area contributed by atoms with Gasteiger partial charge in [0, 0.05) is 43.0 Å². The van der Waals surface area contributed by atoms with Crippen molar-refractivity contribution >= 4 is 15.9 Å². The molecule has 2 fully saturated rings. The number of likely N-dealkylation sites (N-methyl/N-ethyl adjacent to an activating group) is 1. The van der Waals surface area contributed by atoms with Crippen LogP contribution in [0.4, 0.5) is 0 Å². The predicted octanol–water partition coefficient (Wildman–Crippen LogP) is 2.87. The van der Waals surface area contributed by atoms with E-state index in [-0.39, 0.29) is 41.5 Å². The number of fused-ring (bicyclic) bond motifs is 1. The zero-order valence-electron chi connectivity index (χ0n) is 20.4. The van der Waals surface area contributed by atoms with Gasteiger partial charge in [0.1, 0.15) is 16.7 Å². The van der Waals surface area contributed by atoms with Crippen LogP contribution in [0, 0.1) is 29.6 Å². The zero-order chi connectivity index (χ0) is 24.5. The van der Waals surface area contributed by atoms with Gasteiger partial charge in [-0.2, -0.15) is 4.31 Å². The molecule has 1 aromatic rings. The van der Waals surface area contributed by atoms with Crippen molar-refractivity contribution in [2.24, 2.45) is 17.8 Å². The maximum Gasteiger partial charge on any atom is 0.247 e. The Labute approximate surface area is 203 Å². The van der Waals surface area contributed by atoms with E-state index in [1.165, 1.54) is 17.1 Å². The van der Waals surface area contributed by atoms with Gasteiger partial charge in [0.15, 0.2) is 0 Å². The molecule has 0 radical (unpaired) electrons. The van der Waals surface area contributed by atoms with Crippen LogP contribution in [0.25, 0.3) is 0 Å². The lowest BCUT2D eigenvalue weighted by molar-refractivity contribution is -0.132. The Morgan fingerprint density at radius 2 is 1.97 bits per heavy atom. The number of nitrogens with zero attached hydrogens (tertiary/aromatic N) is 2. The van der Waals surface area contributed by atoms with Gasteiger partial charge < -0.3 is 14.7 Å². The van der Waals surface area contributed by atoms with Gasteiger partial charge in [0.05, 0.1) is 13.2 Å². The molecule has 7 nitrogen and oxygen atoms in total. The van der Waals surface area contributed by atoms with Crippen LogP contribution in [0.15, 0.2) is 23.1 Å². The molecule has 3 aliphatic rings. The third-order valence-corrected chi connectivity index (χ3v) is 9.22. The lowest BCUT2D eigenvalue weighted by atomic mass is 10.0. The molecule has 0 unspecified atom stereocenters. The second kappa shape index (κ2) is 10.3. The van der Waals surface area contributed by atoms with Crippen LogP contribution in [0.2, 0.25) is 0 Å². The molecule has 8 heteroatoms. The number of hydrogen-bond donors (Lipinski definition) is 1. The van der Waals surface area contributed by atoms with Crippen molar-refractivity contribution in [3.63, 3.8) is 0 Å². The van der Waals surface area contributed by atoms with E-state index in [4.69, 9.17) is 4.74 Å². The summed E-state index contributed by atoms with van der Waals surface area (Å²) in [4.78, 5) is 14.4. The number of hydrogen-bond acceptors (Lipinski definition) is 5. The first-order valence-electron chi connectivity index (χ1n) is 12.4. The largest absolute Gasteiger partial charge is 0.487 e. The highest BCUT2D eigenvalue weighted by Crippen LogP contribution is 2.35. The maximum atomic E-state index is 13.6. The molecule has 4 rings (SSSR count). The van der Waals surface area contributed by atoms with Crippen LogP contribution in [0.5, 0.6) is 5.75 Å². The highest BCUT2D eigenvalue weighted by Gasteiger charge is 2.39. The predicted molar refractivity (Wildman–Crippen MR) is 130 cm³/mol. The monoisotopic (exact) mass is 488 g/mol. The Morgan fingerprint density at radius 1 is 1.26 bits per heavy atom. The number of ether oxygens (including phenoxy) is 1. The summed E-state index contributed by atoms with van der Waals surface area (Å²) in [5.74, 6) is 7.21. The Balaban J connectivity index is 1.69. The van der Waals surface area contributed by atoms with E-state index in [0.29, 0.717) is 12.5 Å². The quantitative estimate of drug-likeness (QED) is 0.644. The first-order valence-corrected chi connectivity index (χ1v) is 13.8. The number of rotatable bonds is 5. The summed E-state index contributed by atoms with van der Waals surface area (Å²) < 4.78 is 34.9. The number of carbonyl (C=O) groups excluding carboxylic acids is 1. The van der Waals surface area contributed by atoms with Crippen molar-refractivity contribution in [1.29, 1.82) is 0 Å². The lowest BCUT2D eigenvalue weighted by Crippen LogP contribution is -2.50. The van der Waals surface area contributed by atoms with E-state index in [9.17, 15) is 18.3 Å². The molecular weight excluding hydrogens is 452 g/mol. The molecule has 0 spiro atoms. The van der Waals surface area contributed by atoms with Crippen molar-refractivity contribution in [2.75, 3.05) is 26.7 Å². The fourth-order valence-corrected chi connectivity index (χ4v) is 6.60. The number of amides is 1. The van der Waals surface area contributed by atoms with Crippen molar-refractivity contribution in [1.82, 2.24) is 9.21 Å². The van der Waals surface area contributed by atoms with Gasteiger partial charge in [0.25, 0.3) is 0 Å². The molecule has 0 bridgehead atoms. The van der Waals surface area contributed by atoms with Crippen LogP contribution in [0.1, 0.15) is 57.9 Å². The molecule has 0 aromatic heterocycles. The number of aliphatic hydroxyl groups excluding tert-OH is 1. The van der Waals surface area contributed by atoms with E-state index in [1.807, 2.05) is 6.92 Å². The average molecular weight is 489 g/mol. The standard InChI is InChI=1S/C26H36N2O5S/c1-18-15-28(19(2)17-29)34(31,32)25-13-10-21(9-8-20-6-4-5-7-20)14-23(25)33-24(18)16-27(3)26(30)22-11-12-22/h10,13-14,18-20,22,24,29H,4-7,11-12,15-17H2,1-3H3/t18-,19+,24-/m1/s1. The number of benzene rings is 1. The summed E-state index contributed by atoms with van der Waals surface area (Å²) in [5.41, 5.74) is 0.719. The molecule has 186 valence electrons. The molecule has 2 aliphatic carbocycles. The van der Waals surface area contributed by atoms with Gasteiger partial charge in [-0.1, -0.05) is 31.6 Å². The summed E-state index contributed by atoms with van der Waals surface area (Å²) in [6, 6.07) is 4.43. The Morgan fingerprint density at radius 3 is 2.62 bits per heavy atom. The van der Waals surface area contributed by atoms with Gasteiger partial charge in [-0.3, -0.25) is 4.79 Å². The van der Waals surface area contributed by atoms with Crippen molar-refractivity contribution in [2.45, 2.75) is 69.4 Å². The molecule has 1 heterocycles. The van der Waals surface area contributed by atoms with E-state index < -0.39 is 22.2 Å². The van der Waals surface area contributed by atoms with Crippen LogP contribution < -0.4 is 4.74 Å². The molecular formula is C26H36N2O5S. The second-order valence-electron chi connectivity index (χ2n) is 10.1. The minimum Gasteiger partial charge on any atom is -0.487 e. The SMILES string of the molecule is C[C@@H]1CN([C@@H](C)CO)S(=O)(=O)c2ccc(C#CC3CCCC3)cc2O[C@@H]1CN(C)C(=O)C1CC1. The van der Waals surface area contributed by atoms with E-state index in [2.05, 4.69) is 11.8 Å². The Hall–Kier alpha value is -2.08. The molecule has 1 aliphatic heterocycles. The van der Waals surface area contributed by atoms with Gasteiger partial charge in [-0.15, -0.1) is 0 Å². The molecule has 1 amide bonds. The minimum atomic E-state index is -3.89. The summed E-state index contributed by atoms with van der Waals surface area (Å²) in [6.45, 7) is 3.92. The Kier molecular flexibility index (Phi) is 7.56. The van der Waals surface area contributed by atoms with Crippen LogP contribution in [-0.4, -0.2) is 67.5 Å². The third-order valence-electron chi connectivity index (χ3n) is 7.20. The van der Waals surface area contributed by atoms with Gasteiger partial charge >= 0.3 is 0 Å². The molecule has 3 atom stereocenters. The molecule has 34 heavy (non-hydrogen) atoms. The number of aliphatic hydroxyl groups is 1. The number of carbonyl (C=O) groups is 1. The summed E-state index contributed by atoms with van der Waals surface area (Å²) >= 11 is 0. The fourth-order valence-electron chi connectivity index (χ4n) is 4.78. The normalized spacial score (nSPS) is 25.8. The molecule has 1 aromatic carbocycles. The first-order chi connectivity index (χ1) is 16.2. The van der Waals surface area contributed by atoms with Crippen LogP contribution >= 0.6 is 0 Å². The first kappa shape index (κ1) is 25.0. The van der Waals surface area contributed by atoms with E-state index in [1.54, 1.807) is 37.1 Å². The van der Waals surface area contributed by atoms with Crippen molar-refractivity contribution in [3.05, 3.63) is 23.8 Å². The third kappa shape index (κ3) is 5.42. The van der Waals surface area contributed by atoms with Gasteiger partial charge in [-0.05, 0) is 50.8 Å². The topological polar surface area (TPSA) is 87.2 Å². The zero-order valence-corrected chi connectivity index (χ0v) is 21.2. The minimum absolute atomic E-state index is 0.0762. The van der Waals surface area contributed by atoms with Crippen LogP contribution in [0.3, 0.4) is 0 Å². The lowest BCUT2D eigenvalue weighted by Gasteiger charge is -2.37. The smallest absolute Gasteiger partial charge is 0.247 e. The van der Waals surface area contributed by atoms with Crippen LogP contribution in [-0.2, 0) is 14.8 Å². The Bertz CT molecular complexity index is 1070. The molecule has 0 saturated heterocycles. The number of sulfonamides is 1. The van der Waals surface area contributed by atoms with Gasteiger partial charge in [0.2, 0.25) is 15.9 Å². The molecule has 1 N–H and O–H groups in total. The second-order valence-corrected chi connectivity index (χ2v) is 12.0. The van der Waals surface area contributed by atoms with Gasteiger partial charge in [-0.25, -0.2) is 8.42 Å². The molecule has 2 saturated carbocycles. The average Bonchev–Trinajstić information content (AvgIpc) is 3.53. The van der Waals surface area contributed by atoms with E-state index >= 15 is 0 Å². The summed E-state index contributed by atoms with van der Waals surface area (Å²) in [5, 5.41) is 9.78. The van der Waals surface area contributed by atoms with E-state index in [0.717, 1.165) is 31.2 Å². The maximum absolute atomic E-state index is 13.6. The summed E-state index contributed by atoms with van der Waals surface area (Å²) in [7, 11) is -2.10. The highest BCUT2D eigenvalue weighted by molar-refractivity contribution is 7.89. The fraction of sp³-hybridized carbons (Fsp3) is 0.654. The highest BCUT2D eigenvalue weighted by atomic mass is 32.2. The summed E-state index contributed by atoms with van der Waals surface area (Å²) in [6.07, 6.45) is 6.09. The van der Waals surface area contributed by atoms with Crippen molar-refractivity contribution < 1.29 is 23.1 Å².